The molecule has 1 atom stereocenters. The number of rotatable bonds is 5. The van der Waals surface area contributed by atoms with Gasteiger partial charge in [-0.3, -0.25) is 9.89 Å². The number of ether oxygens (including phenoxy) is 1. The number of nitrogens with zero attached hydrogens (tertiary/aromatic N) is 2. The normalized spacial score (nSPS) is 20.4. The predicted octanol–water partition coefficient (Wildman–Crippen LogP) is 2.96. The number of benzene rings is 1. The quantitative estimate of drug-likeness (QED) is 0.457. The van der Waals surface area contributed by atoms with E-state index in [4.69, 9.17) is 4.74 Å². The zero-order chi connectivity index (χ0) is 20.0. The first-order valence-electron chi connectivity index (χ1n) is 9.58. The summed E-state index contributed by atoms with van der Waals surface area (Å²) in [4.78, 5) is 6.52. The maximum atomic E-state index is 12.9. The molecule has 0 saturated carbocycles. The third-order valence-electron chi connectivity index (χ3n) is 5.14. The molecule has 2 aliphatic rings. The van der Waals surface area contributed by atoms with Crippen LogP contribution in [0.4, 0.5) is 13.2 Å². The molecule has 1 saturated heterocycles. The van der Waals surface area contributed by atoms with Crippen LogP contribution in [0.1, 0.15) is 30.0 Å². The summed E-state index contributed by atoms with van der Waals surface area (Å²) in [5, 5.41) is 6.73. The summed E-state index contributed by atoms with van der Waals surface area (Å²) >= 11 is 0. The molecule has 1 aliphatic carbocycles. The van der Waals surface area contributed by atoms with Crippen LogP contribution in [0.25, 0.3) is 0 Å². The Labute approximate surface area is 163 Å². The van der Waals surface area contributed by atoms with Gasteiger partial charge in [-0.2, -0.15) is 13.2 Å². The molecule has 1 aromatic rings. The molecule has 28 heavy (non-hydrogen) atoms. The van der Waals surface area contributed by atoms with E-state index in [1.807, 2.05) is 0 Å². The van der Waals surface area contributed by atoms with Crippen molar-refractivity contribution in [2.24, 2.45) is 4.99 Å². The first-order chi connectivity index (χ1) is 13.5. The second-order valence-corrected chi connectivity index (χ2v) is 7.02. The Morgan fingerprint density at radius 2 is 1.82 bits per heavy atom. The number of hydrogen-bond donors (Lipinski definition) is 2. The molecule has 1 unspecified atom stereocenters. The van der Waals surface area contributed by atoms with E-state index in [0.29, 0.717) is 31.8 Å². The van der Waals surface area contributed by atoms with E-state index in [-0.39, 0.29) is 6.04 Å². The van der Waals surface area contributed by atoms with Crippen LogP contribution in [0, 0.1) is 0 Å². The van der Waals surface area contributed by atoms with Crippen molar-refractivity contribution in [2.45, 2.75) is 31.1 Å². The molecular weight excluding hydrogens is 369 g/mol. The maximum Gasteiger partial charge on any atom is 0.416 e. The number of morpholine rings is 1. The number of alkyl halides is 3. The van der Waals surface area contributed by atoms with Gasteiger partial charge in [-0.25, -0.2) is 0 Å². The molecular formula is C20H27F3N4O. The van der Waals surface area contributed by atoms with Gasteiger partial charge in [0.25, 0.3) is 0 Å². The van der Waals surface area contributed by atoms with Gasteiger partial charge in [0.05, 0.1) is 24.8 Å². The van der Waals surface area contributed by atoms with E-state index in [1.54, 1.807) is 19.2 Å². The third kappa shape index (κ3) is 5.48. The summed E-state index contributed by atoms with van der Waals surface area (Å²) in [6.07, 6.45) is 1.89. The molecule has 0 spiro atoms. The fourth-order valence-electron chi connectivity index (χ4n) is 3.56. The Bertz CT molecular complexity index is 674. The minimum Gasteiger partial charge on any atom is -0.379 e. The van der Waals surface area contributed by atoms with Crippen LogP contribution in [-0.2, 0) is 10.9 Å². The molecule has 1 aromatic carbocycles. The highest BCUT2D eigenvalue weighted by molar-refractivity contribution is 5.80. The lowest BCUT2D eigenvalue weighted by Crippen LogP contribution is -2.48. The van der Waals surface area contributed by atoms with E-state index < -0.39 is 11.7 Å². The van der Waals surface area contributed by atoms with Gasteiger partial charge in [0.15, 0.2) is 5.96 Å². The monoisotopic (exact) mass is 396 g/mol. The summed E-state index contributed by atoms with van der Waals surface area (Å²) in [7, 11) is 1.72. The molecule has 1 heterocycles. The summed E-state index contributed by atoms with van der Waals surface area (Å²) < 4.78 is 44.1. The number of aliphatic imine (C=N–C) groups is 1. The molecule has 1 fully saturated rings. The standard InChI is InChI=1S/C20H27F3N4O/c1-24-19(26-17-4-2-3-5-17)25-14-18(27-10-12-28-13-11-27)15-6-8-16(9-7-15)20(21,22)23/h2-3,6-9,17-18H,4-5,10-14H2,1H3,(H2,24,25,26). The van der Waals surface area contributed by atoms with E-state index >= 15 is 0 Å². The highest BCUT2D eigenvalue weighted by Crippen LogP contribution is 2.31. The Morgan fingerprint density at radius 1 is 1.18 bits per heavy atom. The smallest absolute Gasteiger partial charge is 0.379 e. The molecule has 1 aliphatic heterocycles. The van der Waals surface area contributed by atoms with E-state index in [1.165, 1.54) is 0 Å². The minimum atomic E-state index is -4.33. The van der Waals surface area contributed by atoms with Crippen molar-refractivity contribution in [3.8, 4) is 0 Å². The second kappa shape index (κ2) is 9.43. The summed E-state index contributed by atoms with van der Waals surface area (Å²) in [5.74, 6) is 0.707. The molecule has 2 N–H and O–H groups in total. The van der Waals surface area contributed by atoms with Crippen LogP contribution >= 0.6 is 0 Å². The van der Waals surface area contributed by atoms with Gasteiger partial charge >= 0.3 is 6.18 Å². The fourth-order valence-corrected chi connectivity index (χ4v) is 3.56. The lowest BCUT2D eigenvalue weighted by molar-refractivity contribution is -0.137. The van der Waals surface area contributed by atoms with Crippen molar-refractivity contribution in [3.05, 3.63) is 47.5 Å². The molecule has 0 amide bonds. The van der Waals surface area contributed by atoms with Crippen molar-refractivity contribution < 1.29 is 17.9 Å². The first kappa shape index (κ1) is 20.7. The zero-order valence-corrected chi connectivity index (χ0v) is 16.0. The van der Waals surface area contributed by atoms with Crippen molar-refractivity contribution in [3.63, 3.8) is 0 Å². The second-order valence-electron chi connectivity index (χ2n) is 7.02. The first-order valence-corrected chi connectivity index (χ1v) is 9.58. The van der Waals surface area contributed by atoms with E-state index in [0.717, 1.165) is 43.6 Å². The number of nitrogens with one attached hydrogen (secondary N) is 2. The molecule has 154 valence electrons. The number of hydrogen-bond acceptors (Lipinski definition) is 3. The molecule has 5 nitrogen and oxygen atoms in total. The molecule has 3 rings (SSSR count). The largest absolute Gasteiger partial charge is 0.416 e. The average Bonchev–Trinajstić information content (AvgIpc) is 3.21. The maximum absolute atomic E-state index is 12.9. The van der Waals surface area contributed by atoms with Crippen molar-refractivity contribution >= 4 is 5.96 Å². The van der Waals surface area contributed by atoms with Gasteiger partial charge in [0.2, 0.25) is 0 Å². The topological polar surface area (TPSA) is 48.9 Å². The number of guanidine groups is 1. The van der Waals surface area contributed by atoms with Crippen LogP contribution in [0.3, 0.4) is 0 Å². The van der Waals surface area contributed by atoms with Crippen LogP contribution in [-0.4, -0.2) is 56.8 Å². The summed E-state index contributed by atoms with van der Waals surface area (Å²) in [6.45, 7) is 3.28. The van der Waals surface area contributed by atoms with Crippen molar-refractivity contribution in [1.82, 2.24) is 15.5 Å². The van der Waals surface area contributed by atoms with E-state index in [2.05, 4.69) is 32.7 Å². The van der Waals surface area contributed by atoms with Gasteiger partial charge in [0.1, 0.15) is 0 Å². The van der Waals surface area contributed by atoms with Gasteiger partial charge in [-0.1, -0.05) is 24.3 Å². The Balaban J connectivity index is 1.69. The van der Waals surface area contributed by atoms with Gasteiger partial charge < -0.3 is 15.4 Å². The molecule has 8 heteroatoms. The van der Waals surface area contributed by atoms with Gasteiger partial charge in [-0.15, -0.1) is 0 Å². The van der Waals surface area contributed by atoms with Crippen LogP contribution in [0.5, 0.6) is 0 Å². The predicted molar refractivity (Wildman–Crippen MR) is 103 cm³/mol. The van der Waals surface area contributed by atoms with Crippen LogP contribution in [0.2, 0.25) is 0 Å². The van der Waals surface area contributed by atoms with Crippen LogP contribution < -0.4 is 10.6 Å². The molecule has 0 bridgehead atoms. The van der Waals surface area contributed by atoms with Crippen LogP contribution in [0.15, 0.2) is 41.4 Å². The number of halogens is 3. The summed E-state index contributed by atoms with van der Waals surface area (Å²) in [5.41, 5.74) is 0.219. The van der Waals surface area contributed by atoms with Gasteiger partial charge in [-0.05, 0) is 30.5 Å². The highest BCUT2D eigenvalue weighted by atomic mass is 19.4. The Kier molecular flexibility index (Phi) is 6.96. The summed E-state index contributed by atoms with van der Waals surface area (Å²) in [6, 6.07) is 5.72. The fraction of sp³-hybridized carbons (Fsp3) is 0.550. The minimum absolute atomic E-state index is 0.0635. The van der Waals surface area contributed by atoms with Crippen molar-refractivity contribution in [2.75, 3.05) is 39.9 Å². The molecule has 0 aromatic heterocycles. The van der Waals surface area contributed by atoms with Gasteiger partial charge in [0, 0.05) is 32.7 Å². The SMILES string of the molecule is CN=C(NCC(c1ccc(C(F)(F)F)cc1)N1CCOCC1)NC1CC=CC1. The Hall–Kier alpha value is -2.06. The zero-order valence-electron chi connectivity index (χ0n) is 16.0. The molecule has 0 radical (unpaired) electrons. The highest BCUT2D eigenvalue weighted by Gasteiger charge is 2.31. The van der Waals surface area contributed by atoms with Crippen molar-refractivity contribution in [1.29, 1.82) is 0 Å². The van der Waals surface area contributed by atoms with E-state index in [9.17, 15) is 13.2 Å². The Morgan fingerprint density at radius 3 is 2.39 bits per heavy atom. The lowest BCUT2D eigenvalue weighted by atomic mass is 10.0. The lowest BCUT2D eigenvalue weighted by Gasteiger charge is -2.35. The average molecular weight is 396 g/mol. The third-order valence-corrected chi connectivity index (χ3v) is 5.14.